The lowest BCUT2D eigenvalue weighted by molar-refractivity contribution is -0.0554. The minimum Gasteiger partial charge on any atom is -0.387 e. The number of piperidine rings is 3. The van der Waals surface area contributed by atoms with Gasteiger partial charge < -0.3 is 5.11 Å². The Morgan fingerprint density at radius 2 is 2.00 bits per heavy atom. The van der Waals surface area contributed by atoms with E-state index in [4.69, 9.17) is 0 Å². The topological polar surface area (TPSA) is 36.4 Å². The zero-order valence-corrected chi connectivity index (χ0v) is 12.7. The van der Waals surface area contributed by atoms with Crippen LogP contribution in [0.25, 0.3) is 10.9 Å². The van der Waals surface area contributed by atoms with Crippen molar-refractivity contribution in [2.45, 2.75) is 25.0 Å². The Morgan fingerprint density at radius 3 is 2.77 bits per heavy atom. The zero-order chi connectivity index (χ0) is 15.1. The van der Waals surface area contributed by atoms with Gasteiger partial charge in [0.1, 0.15) is 0 Å². The van der Waals surface area contributed by atoms with Crippen molar-refractivity contribution < 1.29 is 5.11 Å². The molecule has 0 saturated carbocycles. The highest BCUT2D eigenvalue weighted by Gasteiger charge is 2.44. The molecule has 3 fully saturated rings. The first-order valence-electron chi connectivity index (χ1n) is 8.18. The molecule has 3 heteroatoms. The molecule has 3 saturated heterocycles. The minimum absolute atomic E-state index is 0.149. The Bertz CT molecular complexity index is 685. The van der Waals surface area contributed by atoms with Crippen molar-refractivity contribution in [2.75, 3.05) is 13.1 Å². The van der Waals surface area contributed by atoms with Gasteiger partial charge in [-0.15, -0.1) is 6.58 Å². The van der Waals surface area contributed by atoms with Gasteiger partial charge in [0.05, 0.1) is 11.6 Å². The third-order valence-electron chi connectivity index (χ3n) is 5.53. The number of benzene rings is 1. The van der Waals surface area contributed by atoms with Crippen LogP contribution in [0.2, 0.25) is 0 Å². The molecular weight excluding hydrogens is 272 g/mol. The second-order valence-electron chi connectivity index (χ2n) is 6.54. The van der Waals surface area contributed by atoms with Gasteiger partial charge in [-0.05, 0) is 55.5 Å². The van der Waals surface area contributed by atoms with Crippen LogP contribution in [0.15, 0.2) is 49.2 Å². The Balaban J connectivity index is 1.76. The molecule has 2 aromatic rings. The molecule has 0 amide bonds. The monoisotopic (exact) mass is 294 g/mol. The van der Waals surface area contributed by atoms with Gasteiger partial charge in [0.25, 0.3) is 0 Å². The zero-order valence-electron chi connectivity index (χ0n) is 12.7. The third-order valence-corrected chi connectivity index (χ3v) is 5.53. The van der Waals surface area contributed by atoms with Crippen LogP contribution in [0.5, 0.6) is 0 Å². The number of para-hydroxylation sites is 1. The summed E-state index contributed by atoms with van der Waals surface area (Å²) in [6.07, 6.45) is 5.85. The lowest BCUT2D eigenvalue weighted by Gasteiger charge is -2.51. The summed E-state index contributed by atoms with van der Waals surface area (Å²) in [5, 5.41) is 12.2. The first kappa shape index (κ1) is 13.9. The number of hydrogen-bond acceptors (Lipinski definition) is 3. The van der Waals surface area contributed by atoms with Gasteiger partial charge in [-0.25, -0.2) is 0 Å². The van der Waals surface area contributed by atoms with Crippen LogP contribution in [0.1, 0.15) is 24.5 Å². The highest BCUT2D eigenvalue weighted by molar-refractivity contribution is 5.82. The number of aromatic nitrogens is 1. The van der Waals surface area contributed by atoms with E-state index in [9.17, 15) is 5.11 Å². The molecule has 1 aromatic heterocycles. The van der Waals surface area contributed by atoms with Crippen LogP contribution in [-0.4, -0.2) is 34.1 Å². The number of pyridine rings is 1. The van der Waals surface area contributed by atoms with Gasteiger partial charge in [0.15, 0.2) is 0 Å². The molecule has 1 aromatic carbocycles. The first-order chi connectivity index (χ1) is 10.8. The van der Waals surface area contributed by atoms with Crippen molar-refractivity contribution in [3.63, 3.8) is 0 Å². The van der Waals surface area contributed by atoms with Gasteiger partial charge >= 0.3 is 0 Å². The van der Waals surface area contributed by atoms with Crippen LogP contribution in [0.3, 0.4) is 0 Å². The van der Waals surface area contributed by atoms with E-state index in [1.165, 1.54) is 12.8 Å². The van der Waals surface area contributed by atoms with E-state index in [-0.39, 0.29) is 6.04 Å². The fraction of sp³-hybridized carbons (Fsp3) is 0.421. The highest BCUT2D eigenvalue weighted by Crippen LogP contribution is 2.43. The van der Waals surface area contributed by atoms with Crippen molar-refractivity contribution >= 4 is 10.9 Å². The number of aliphatic hydroxyl groups is 1. The predicted molar refractivity (Wildman–Crippen MR) is 88.5 cm³/mol. The fourth-order valence-corrected chi connectivity index (χ4v) is 4.43. The summed E-state index contributed by atoms with van der Waals surface area (Å²) in [6, 6.07) is 10.2. The average molecular weight is 294 g/mol. The third kappa shape index (κ3) is 2.08. The van der Waals surface area contributed by atoms with Crippen LogP contribution in [-0.2, 0) is 0 Å². The van der Waals surface area contributed by atoms with Crippen LogP contribution < -0.4 is 0 Å². The van der Waals surface area contributed by atoms with E-state index in [2.05, 4.69) is 28.6 Å². The van der Waals surface area contributed by atoms with Gasteiger partial charge in [0.2, 0.25) is 0 Å². The smallest absolute Gasteiger partial charge is 0.0958 e. The minimum atomic E-state index is -0.487. The van der Waals surface area contributed by atoms with Crippen molar-refractivity contribution in [2.24, 2.45) is 11.8 Å². The molecular formula is C19H22N2O. The summed E-state index contributed by atoms with van der Waals surface area (Å²) in [6.45, 7) is 6.24. The number of nitrogens with zero attached hydrogens (tertiary/aromatic N) is 2. The van der Waals surface area contributed by atoms with Crippen molar-refractivity contribution in [3.05, 3.63) is 54.7 Å². The molecule has 3 nitrogen and oxygen atoms in total. The lowest BCUT2D eigenvalue weighted by Crippen LogP contribution is -2.56. The number of fused-ring (bicyclic) bond motifs is 4. The molecule has 0 aliphatic carbocycles. The molecule has 0 radical (unpaired) electrons. The Labute approximate surface area is 131 Å². The average Bonchev–Trinajstić information content (AvgIpc) is 2.60. The summed E-state index contributed by atoms with van der Waals surface area (Å²) in [5.74, 6) is 1.06. The van der Waals surface area contributed by atoms with Crippen LogP contribution in [0, 0.1) is 11.8 Å². The van der Waals surface area contributed by atoms with Gasteiger partial charge in [-0.1, -0.05) is 24.3 Å². The summed E-state index contributed by atoms with van der Waals surface area (Å²) >= 11 is 0. The molecule has 5 rings (SSSR count). The molecule has 2 bridgehead atoms. The summed E-state index contributed by atoms with van der Waals surface area (Å²) < 4.78 is 0. The molecule has 3 aliphatic rings. The summed E-state index contributed by atoms with van der Waals surface area (Å²) in [5.41, 5.74) is 1.94. The maximum absolute atomic E-state index is 11.1. The normalized spacial score (nSPS) is 32.0. The van der Waals surface area contributed by atoms with E-state index in [0.29, 0.717) is 11.8 Å². The molecule has 3 atom stereocenters. The van der Waals surface area contributed by atoms with Gasteiger partial charge in [-0.2, -0.15) is 0 Å². The maximum Gasteiger partial charge on any atom is 0.0958 e. The SMILES string of the molecule is C=C[C@H]1C2CCN(CC2)[C@H]1[C@@H](O)c1ccnc2ccccc12. The Hall–Kier alpha value is -1.71. The standard InChI is InChI=1S/C19H22N2O/c1-2-14-13-8-11-21(12-9-13)18(14)19(22)16-7-10-20-17-6-4-3-5-15(16)17/h2-7,10,13-14,18-19,22H,1,8-9,11-12H2/t14-,18+,19-/m0/s1. The van der Waals surface area contributed by atoms with E-state index in [0.717, 1.165) is 29.6 Å². The van der Waals surface area contributed by atoms with Crippen molar-refractivity contribution in [3.8, 4) is 0 Å². The van der Waals surface area contributed by atoms with Gasteiger partial charge in [0, 0.05) is 17.6 Å². The number of hydrogen-bond donors (Lipinski definition) is 1. The highest BCUT2D eigenvalue weighted by atomic mass is 16.3. The maximum atomic E-state index is 11.1. The quantitative estimate of drug-likeness (QED) is 0.883. The molecule has 0 unspecified atom stereocenters. The molecule has 3 aliphatic heterocycles. The molecule has 0 spiro atoms. The lowest BCUT2D eigenvalue weighted by atomic mass is 9.71. The van der Waals surface area contributed by atoms with Crippen LogP contribution >= 0.6 is 0 Å². The van der Waals surface area contributed by atoms with E-state index in [1.54, 1.807) is 6.20 Å². The second-order valence-corrected chi connectivity index (χ2v) is 6.54. The first-order valence-corrected chi connectivity index (χ1v) is 8.18. The van der Waals surface area contributed by atoms with Crippen molar-refractivity contribution in [1.82, 2.24) is 9.88 Å². The van der Waals surface area contributed by atoms with E-state index >= 15 is 0 Å². The number of rotatable bonds is 3. The predicted octanol–water partition coefficient (Wildman–Crippen LogP) is 3.16. The Kier molecular flexibility index (Phi) is 3.47. The Morgan fingerprint density at radius 1 is 1.23 bits per heavy atom. The molecule has 114 valence electrons. The fourth-order valence-electron chi connectivity index (χ4n) is 4.43. The second kappa shape index (κ2) is 5.49. The van der Waals surface area contributed by atoms with Gasteiger partial charge in [-0.3, -0.25) is 9.88 Å². The van der Waals surface area contributed by atoms with Crippen molar-refractivity contribution in [1.29, 1.82) is 0 Å². The van der Waals surface area contributed by atoms with Crippen LogP contribution in [0.4, 0.5) is 0 Å². The molecule has 22 heavy (non-hydrogen) atoms. The molecule has 1 N–H and O–H groups in total. The van der Waals surface area contributed by atoms with E-state index < -0.39 is 6.10 Å². The summed E-state index contributed by atoms with van der Waals surface area (Å²) in [4.78, 5) is 6.86. The molecule has 4 heterocycles. The summed E-state index contributed by atoms with van der Waals surface area (Å²) in [7, 11) is 0. The largest absolute Gasteiger partial charge is 0.387 e. The number of aliphatic hydroxyl groups excluding tert-OH is 1. The van der Waals surface area contributed by atoms with E-state index in [1.807, 2.05) is 24.3 Å².